The largest absolute Gasteiger partial charge is 0.460 e. The van der Waals surface area contributed by atoms with Crippen molar-refractivity contribution in [2.24, 2.45) is 0 Å². The van der Waals surface area contributed by atoms with Crippen LogP contribution in [0.3, 0.4) is 0 Å². The Kier molecular flexibility index (Phi) is 3.88. The molecule has 0 amide bonds. The molecule has 0 rings (SSSR count). The second kappa shape index (κ2) is 4.20. The molecule has 12 heavy (non-hydrogen) atoms. The molecule has 0 N–H and O–H groups in total. The smallest absolute Gasteiger partial charge is 0.375 e. The molecule has 5 nitrogen and oxygen atoms in total. The van der Waals surface area contributed by atoms with Crippen LogP contribution in [0.2, 0.25) is 0 Å². The van der Waals surface area contributed by atoms with Crippen molar-refractivity contribution < 1.29 is 22.7 Å². The zero-order chi connectivity index (χ0) is 9.78. The van der Waals surface area contributed by atoms with E-state index in [-0.39, 0.29) is 6.61 Å². The van der Waals surface area contributed by atoms with E-state index in [0.717, 1.165) is 6.26 Å². The number of carbonyl (C=O) groups is 2. The molecule has 0 spiro atoms. The van der Waals surface area contributed by atoms with E-state index in [1.807, 2.05) is 0 Å². The third kappa shape index (κ3) is 4.84. The molecule has 0 aliphatic heterocycles. The normalized spacial score (nSPS) is 10.8. The molecule has 6 heteroatoms. The van der Waals surface area contributed by atoms with Crippen molar-refractivity contribution in [1.29, 1.82) is 0 Å². The highest BCUT2D eigenvalue weighted by Crippen LogP contribution is 1.88. The van der Waals surface area contributed by atoms with Gasteiger partial charge >= 0.3 is 5.97 Å². The standard InChI is InChI=1S/C6H10O5S/c1-3-11-6(8)5(7)4-12(2,9)10/h3-4H2,1-2H3. The molecule has 0 bridgehead atoms. The van der Waals surface area contributed by atoms with Gasteiger partial charge < -0.3 is 4.74 Å². The van der Waals surface area contributed by atoms with Crippen molar-refractivity contribution in [3.63, 3.8) is 0 Å². The number of Topliss-reactive ketones (excluding diaryl/α,β-unsaturated/α-hetero) is 1. The first-order valence-electron chi connectivity index (χ1n) is 3.24. The predicted molar refractivity (Wildman–Crippen MR) is 41.4 cm³/mol. The van der Waals surface area contributed by atoms with E-state index in [4.69, 9.17) is 0 Å². The van der Waals surface area contributed by atoms with Gasteiger partial charge in [-0.2, -0.15) is 0 Å². The molecule has 0 saturated heterocycles. The summed E-state index contributed by atoms with van der Waals surface area (Å²) in [5.74, 6) is -2.91. The second-order valence-electron chi connectivity index (χ2n) is 2.21. The van der Waals surface area contributed by atoms with Crippen molar-refractivity contribution >= 4 is 21.6 Å². The summed E-state index contributed by atoms with van der Waals surface area (Å²) in [4.78, 5) is 21.3. The number of esters is 1. The van der Waals surface area contributed by atoms with Gasteiger partial charge in [0, 0.05) is 6.26 Å². The SMILES string of the molecule is CCOC(=O)C(=O)CS(C)(=O)=O. The fourth-order valence-corrected chi connectivity index (χ4v) is 1.10. The number of ether oxygens (including phenoxy) is 1. The Labute approximate surface area is 70.6 Å². The van der Waals surface area contributed by atoms with Gasteiger partial charge in [0.1, 0.15) is 5.75 Å². The fourth-order valence-electron chi connectivity index (χ4n) is 0.509. The molecule has 0 fully saturated rings. The van der Waals surface area contributed by atoms with Crippen LogP contribution < -0.4 is 0 Å². The molecular weight excluding hydrogens is 184 g/mol. The Morgan fingerprint density at radius 2 is 1.83 bits per heavy atom. The highest BCUT2D eigenvalue weighted by Gasteiger charge is 2.19. The molecule has 70 valence electrons. The average Bonchev–Trinajstić information content (AvgIpc) is 1.84. The van der Waals surface area contributed by atoms with Crippen LogP contribution in [0.5, 0.6) is 0 Å². The van der Waals surface area contributed by atoms with Crippen LogP contribution in [-0.4, -0.2) is 38.8 Å². The molecule has 0 aliphatic carbocycles. The molecule has 0 atom stereocenters. The predicted octanol–water partition coefficient (Wildman–Crippen LogP) is -0.837. The quantitative estimate of drug-likeness (QED) is 0.431. The minimum absolute atomic E-state index is 0.0638. The van der Waals surface area contributed by atoms with Gasteiger partial charge in [-0.15, -0.1) is 0 Å². The van der Waals surface area contributed by atoms with Crippen molar-refractivity contribution in [2.75, 3.05) is 18.6 Å². The minimum atomic E-state index is -3.44. The Balaban J connectivity index is 4.15. The van der Waals surface area contributed by atoms with Crippen LogP contribution in [0, 0.1) is 0 Å². The van der Waals surface area contributed by atoms with E-state index in [9.17, 15) is 18.0 Å². The lowest BCUT2D eigenvalue weighted by atomic mass is 10.5. The number of carbonyl (C=O) groups excluding carboxylic acids is 2. The van der Waals surface area contributed by atoms with Gasteiger partial charge in [0.2, 0.25) is 0 Å². The highest BCUT2D eigenvalue weighted by molar-refractivity contribution is 7.91. The molecule has 0 aromatic heterocycles. The van der Waals surface area contributed by atoms with Gasteiger partial charge in [-0.05, 0) is 6.92 Å². The highest BCUT2D eigenvalue weighted by atomic mass is 32.2. The third-order valence-electron chi connectivity index (χ3n) is 0.896. The first kappa shape index (κ1) is 11.1. The number of hydrogen-bond donors (Lipinski definition) is 0. The number of sulfone groups is 1. The Morgan fingerprint density at radius 1 is 1.33 bits per heavy atom. The number of hydrogen-bond acceptors (Lipinski definition) is 5. The molecule has 0 radical (unpaired) electrons. The van der Waals surface area contributed by atoms with Gasteiger partial charge in [-0.3, -0.25) is 4.79 Å². The van der Waals surface area contributed by atoms with E-state index in [0.29, 0.717) is 0 Å². The average molecular weight is 194 g/mol. The van der Waals surface area contributed by atoms with Crippen LogP contribution in [0.15, 0.2) is 0 Å². The number of ketones is 1. The van der Waals surface area contributed by atoms with Gasteiger partial charge in [0.25, 0.3) is 5.78 Å². The Bertz CT molecular complexity index is 276. The maximum atomic E-state index is 10.7. The summed E-state index contributed by atoms with van der Waals surface area (Å²) in [5.41, 5.74) is 0. The molecule has 0 aromatic rings. The minimum Gasteiger partial charge on any atom is -0.460 e. The lowest BCUT2D eigenvalue weighted by Crippen LogP contribution is -2.25. The van der Waals surface area contributed by atoms with Gasteiger partial charge in [0.05, 0.1) is 6.61 Å². The van der Waals surface area contributed by atoms with Crippen molar-refractivity contribution in [2.45, 2.75) is 6.92 Å². The van der Waals surface area contributed by atoms with E-state index in [1.54, 1.807) is 0 Å². The van der Waals surface area contributed by atoms with Crippen LogP contribution in [0.4, 0.5) is 0 Å². The summed E-state index contributed by atoms with van der Waals surface area (Å²) in [5, 5.41) is 0. The molecule has 0 unspecified atom stereocenters. The summed E-state index contributed by atoms with van der Waals surface area (Å²) >= 11 is 0. The molecule has 0 saturated carbocycles. The summed E-state index contributed by atoms with van der Waals surface area (Å²) in [7, 11) is -3.44. The Morgan fingerprint density at radius 3 is 2.17 bits per heavy atom. The first-order valence-corrected chi connectivity index (χ1v) is 5.30. The van der Waals surface area contributed by atoms with Crippen LogP contribution in [0.1, 0.15) is 6.92 Å². The van der Waals surface area contributed by atoms with Crippen molar-refractivity contribution in [1.82, 2.24) is 0 Å². The van der Waals surface area contributed by atoms with Gasteiger partial charge in [-0.1, -0.05) is 0 Å². The van der Waals surface area contributed by atoms with E-state index in [1.165, 1.54) is 6.92 Å². The topological polar surface area (TPSA) is 77.5 Å². The van der Waals surface area contributed by atoms with E-state index >= 15 is 0 Å². The van der Waals surface area contributed by atoms with Crippen molar-refractivity contribution in [3.8, 4) is 0 Å². The van der Waals surface area contributed by atoms with Gasteiger partial charge in [0.15, 0.2) is 9.84 Å². The lowest BCUT2D eigenvalue weighted by Gasteiger charge is -1.98. The summed E-state index contributed by atoms with van der Waals surface area (Å²) < 4.78 is 25.3. The van der Waals surface area contributed by atoms with Crippen molar-refractivity contribution in [3.05, 3.63) is 0 Å². The van der Waals surface area contributed by atoms with Crippen LogP contribution >= 0.6 is 0 Å². The van der Waals surface area contributed by atoms with E-state index < -0.39 is 27.3 Å². The molecule has 0 aliphatic rings. The summed E-state index contributed by atoms with van der Waals surface area (Å²) in [6.45, 7) is 1.60. The maximum absolute atomic E-state index is 10.7. The third-order valence-corrected chi connectivity index (χ3v) is 1.68. The summed E-state index contributed by atoms with van der Waals surface area (Å²) in [6.07, 6.45) is 0.879. The number of rotatable bonds is 4. The molecule has 0 aromatic carbocycles. The maximum Gasteiger partial charge on any atom is 0.375 e. The van der Waals surface area contributed by atoms with Gasteiger partial charge in [-0.25, -0.2) is 13.2 Å². The monoisotopic (exact) mass is 194 g/mol. The second-order valence-corrected chi connectivity index (χ2v) is 4.35. The zero-order valence-corrected chi connectivity index (χ0v) is 7.68. The summed E-state index contributed by atoms with van der Waals surface area (Å²) in [6, 6.07) is 0. The van der Waals surface area contributed by atoms with Crippen LogP contribution in [0.25, 0.3) is 0 Å². The van der Waals surface area contributed by atoms with E-state index in [2.05, 4.69) is 4.74 Å². The molecular formula is C6H10O5S. The first-order chi connectivity index (χ1) is 5.37. The fraction of sp³-hybridized carbons (Fsp3) is 0.667. The van der Waals surface area contributed by atoms with Crippen LogP contribution in [-0.2, 0) is 24.2 Å². The zero-order valence-electron chi connectivity index (χ0n) is 6.86. The molecule has 0 heterocycles. The lowest BCUT2D eigenvalue weighted by molar-refractivity contribution is -0.152. The Hall–Kier alpha value is -0.910.